The molecule has 1 aromatic carbocycles. The van der Waals surface area contributed by atoms with E-state index >= 15 is 0 Å². The van der Waals surface area contributed by atoms with Crippen LogP contribution in [0.25, 0.3) is 5.69 Å². The quantitative estimate of drug-likeness (QED) is 0.734. The summed E-state index contributed by atoms with van der Waals surface area (Å²) in [6, 6.07) is 12.6. The lowest BCUT2D eigenvalue weighted by Gasteiger charge is -2.26. The van der Waals surface area contributed by atoms with E-state index in [0.717, 1.165) is 25.1 Å². The van der Waals surface area contributed by atoms with Gasteiger partial charge >= 0.3 is 0 Å². The zero-order valence-corrected chi connectivity index (χ0v) is 14.1. The molecule has 0 atom stereocenters. The summed E-state index contributed by atoms with van der Waals surface area (Å²) in [7, 11) is 0. The number of rotatable bonds is 7. The largest absolute Gasteiger partial charge is 0.477 e. The smallest absolute Gasteiger partial charge is 0.271 e. The third kappa shape index (κ3) is 4.68. The summed E-state index contributed by atoms with van der Waals surface area (Å²) in [6.07, 6.45) is 6.19. The van der Waals surface area contributed by atoms with Gasteiger partial charge in [0.15, 0.2) is 0 Å². The zero-order chi connectivity index (χ0) is 16.6. The highest BCUT2D eigenvalue weighted by atomic mass is 16.5. The van der Waals surface area contributed by atoms with Crippen molar-refractivity contribution in [1.29, 1.82) is 0 Å². The van der Waals surface area contributed by atoms with Crippen LogP contribution in [0.2, 0.25) is 0 Å². The molecule has 5 heteroatoms. The Bertz CT molecular complexity index is 679. The fourth-order valence-electron chi connectivity index (χ4n) is 3.02. The molecule has 1 saturated heterocycles. The fraction of sp³-hybridized carbons (Fsp3) is 0.474. The molecule has 0 saturated carbocycles. The van der Waals surface area contributed by atoms with Crippen molar-refractivity contribution in [2.75, 3.05) is 26.2 Å². The molecule has 24 heavy (non-hydrogen) atoms. The number of likely N-dealkylation sites (tertiary alicyclic amines) is 1. The van der Waals surface area contributed by atoms with Crippen LogP contribution in [0.5, 0.6) is 5.88 Å². The molecule has 5 nitrogen and oxygen atoms in total. The molecule has 1 aliphatic heterocycles. The minimum Gasteiger partial charge on any atom is -0.477 e. The number of benzene rings is 1. The van der Waals surface area contributed by atoms with Gasteiger partial charge in [-0.1, -0.05) is 24.6 Å². The van der Waals surface area contributed by atoms with Crippen molar-refractivity contribution >= 4 is 0 Å². The first kappa shape index (κ1) is 16.7. The predicted molar refractivity (Wildman–Crippen MR) is 94.9 cm³/mol. The Kier molecular flexibility index (Phi) is 6.01. The molecule has 2 heterocycles. The Morgan fingerprint density at radius 3 is 2.54 bits per heavy atom. The summed E-state index contributed by atoms with van der Waals surface area (Å²) in [6.45, 7) is 4.27. The molecule has 0 bridgehead atoms. The van der Waals surface area contributed by atoms with Gasteiger partial charge in [0.05, 0.1) is 12.3 Å². The Morgan fingerprint density at radius 2 is 1.75 bits per heavy atom. The minimum absolute atomic E-state index is 0.154. The van der Waals surface area contributed by atoms with Gasteiger partial charge in [-0.05, 0) is 57.5 Å². The van der Waals surface area contributed by atoms with Crippen LogP contribution in [0.4, 0.5) is 0 Å². The summed E-state index contributed by atoms with van der Waals surface area (Å²) in [5.74, 6) is 0.497. The third-order valence-corrected chi connectivity index (χ3v) is 4.34. The first-order valence-corrected chi connectivity index (χ1v) is 8.84. The maximum absolute atomic E-state index is 12.0. The molecule has 128 valence electrons. The highest BCUT2D eigenvalue weighted by Crippen LogP contribution is 2.10. The van der Waals surface area contributed by atoms with Crippen molar-refractivity contribution in [3.63, 3.8) is 0 Å². The van der Waals surface area contributed by atoms with Crippen LogP contribution in [-0.4, -0.2) is 40.9 Å². The maximum Gasteiger partial charge on any atom is 0.271 e. The molecule has 1 fully saturated rings. The van der Waals surface area contributed by atoms with Gasteiger partial charge < -0.3 is 9.64 Å². The fourth-order valence-corrected chi connectivity index (χ4v) is 3.02. The van der Waals surface area contributed by atoms with E-state index in [4.69, 9.17) is 4.74 Å². The highest BCUT2D eigenvalue weighted by molar-refractivity contribution is 5.30. The van der Waals surface area contributed by atoms with Gasteiger partial charge in [0, 0.05) is 12.1 Å². The first-order chi connectivity index (χ1) is 11.8. The third-order valence-electron chi connectivity index (χ3n) is 4.34. The van der Waals surface area contributed by atoms with Crippen LogP contribution in [0.3, 0.4) is 0 Å². The molecule has 0 radical (unpaired) electrons. The maximum atomic E-state index is 12.0. The van der Waals surface area contributed by atoms with Crippen molar-refractivity contribution < 1.29 is 4.74 Å². The molecule has 1 aromatic heterocycles. The first-order valence-electron chi connectivity index (χ1n) is 8.84. The minimum atomic E-state index is -0.154. The Balaban J connectivity index is 1.48. The molecule has 0 aliphatic carbocycles. The van der Waals surface area contributed by atoms with Crippen LogP contribution in [0.15, 0.2) is 47.3 Å². The highest BCUT2D eigenvalue weighted by Gasteiger charge is 2.09. The second-order valence-corrected chi connectivity index (χ2v) is 6.22. The van der Waals surface area contributed by atoms with Gasteiger partial charge in [-0.25, -0.2) is 0 Å². The van der Waals surface area contributed by atoms with Gasteiger partial charge in [-0.15, -0.1) is 5.10 Å². The number of ether oxygens (including phenoxy) is 1. The van der Waals surface area contributed by atoms with Crippen molar-refractivity contribution in [3.05, 3.63) is 52.8 Å². The van der Waals surface area contributed by atoms with Crippen LogP contribution in [-0.2, 0) is 0 Å². The molecule has 2 aromatic rings. The summed E-state index contributed by atoms with van der Waals surface area (Å²) >= 11 is 0. The van der Waals surface area contributed by atoms with E-state index in [9.17, 15) is 4.79 Å². The van der Waals surface area contributed by atoms with Gasteiger partial charge in [0.2, 0.25) is 5.88 Å². The zero-order valence-electron chi connectivity index (χ0n) is 14.1. The van der Waals surface area contributed by atoms with Crippen LogP contribution in [0, 0.1) is 0 Å². The second kappa shape index (κ2) is 8.64. The Morgan fingerprint density at radius 1 is 0.958 bits per heavy atom. The van der Waals surface area contributed by atoms with E-state index < -0.39 is 0 Å². The van der Waals surface area contributed by atoms with Crippen LogP contribution >= 0.6 is 0 Å². The van der Waals surface area contributed by atoms with Crippen molar-refractivity contribution in [3.8, 4) is 11.6 Å². The van der Waals surface area contributed by atoms with Crippen molar-refractivity contribution in [1.82, 2.24) is 14.7 Å². The monoisotopic (exact) mass is 327 g/mol. The average molecular weight is 327 g/mol. The van der Waals surface area contributed by atoms with E-state index in [1.54, 1.807) is 6.07 Å². The molecule has 0 spiro atoms. The number of nitrogens with zero attached hydrogens (tertiary/aromatic N) is 3. The summed E-state index contributed by atoms with van der Waals surface area (Å²) in [5.41, 5.74) is 0.594. The molecule has 3 rings (SSSR count). The normalized spacial score (nSPS) is 15.3. The molecular weight excluding hydrogens is 302 g/mol. The number of unbranched alkanes of at least 4 members (excludes halogenated alkanes) is 1. The second-order valence-electron chi connectivity index (χ2n) is 6.22. The average Bonchev–Trinajstić information content (AvgIpc) is 2.64. The summed E-state index contributed by atoms with van der Waals surface area (Å²) < 4.78 is 7.10. The SMILES string of the molecule is O=c1ccc(OCCCCN2CCCCC2)nn1-c1ccccc1. The summed E-state index contributed by atoms with van der Waals surface area (Å²) in [4.78, 5) is 14.5. The Hall–Kier alpha value is -2.14. The van der Waals surface area contributed by atoms with Crippen molar-refractivity contribution in [2.45, 2.75) is 32.1 Å². The van der Waals surface area contributed by atoms with E-state index in [2.05, 4.69) is 10.00 Å². The predicted octanol–water partition coefficient (Wildman–Crippen LogP) is 2.88. The van der Waals surface area contributed by atoms with Gasteiger partial charge in [-0.2, -0.15) is 4.68 Å². The lowest BCUT2D eigenvalue weighted by Crippen LogP contribution is -2.30. The topological polar surface area (TPSA) is 47.4 Å². The van der Waals surface area contributed by atoms with E-state index in [1.807, 2.05) is 30.3 Å². The molecule has 0 unspecified atom stereocenters. The van der Waals surface area contributed by atoms with Crippen LogP contribution < -0.4 is 10.3 Å². The molecule has 1 aliphatic rings. The lowest BCUT2D eigenvalue weighted by molar-refractivity contribution is 0.214. The lowest BCUT2D eigenvalue weighted by atomic mass is 10.1. The standard InChI is InChI=1S/C19H25N3O2/c23-19-12-11-18(20-22(19)17-9-3-1-4-10-17)24-16-8-7-15-21-13-5-2-6-14-21/h1,3-4,9-12H,2,5-8,13-16H2. The van der Waals surface area contributed by atoms with E-state index in [0.29, 0.717) is 12.5 Å². The van der Waals surface area contributed by atoms with Crippen LogP contribution in [0.1, 0.15) is 32.1 Å². The van der Waals surface area contributed by atoms with Gasteiger partial charge in [0.1, 0.15) is 0 Å². The molecule has 0 amide bonds. The van der Waals surface area contributed by atoms with Gasteiger partial charge in [0.25, 0.3) is 5.56 Å². The van der Waals surface area contributed by atoms with E-state index in [1.165, 1.54) is 43.1 Å². The molecular formula is C19H25N3O2. The van der Waals surface area contributed by atoms with Crippen molar-refractivity contribution in [2.24, 2.45) is 0 Å². The summed E-state index contributed by atoms with van der Waals surface area (Å²) in [5, 5.41) is 4.30. The molecule has 0 N–H and O–H groups in total. The number of piperidine rings is 1. The Labute approximate surface area is 142 Å². The number of hydrogen-bond donors (Lipinski definition) is 0. The van der Waals surface area contributed by atoms with E-state index in [-0.39, 0.29) is 5.56 Å². The number of para-hydroxylation sites is 1. The van der Waals surface area contributed by atoms with Gasteiger partial charge in [-0.3, -0.25) is 4.79 Å². The number of hydrogen-bond acceptors (Lipinski definition) is 4. The number of aromatic nitrogens is 2.